The molecule has 0 radical (unpaired) electrons. The number of aryl methyl sites for hydroxylation is 1. The molecule has 0 aliphatic carbocycles. The lowest BCUT2D eigenvalue weighted by molar-refractivity contribution is 0.413. The quantitative estimate of drug-likeness (QED) is 0.771. The number of hydrogen-bond acceptors (Lipinski definition) is 2. The van der Waals surface area contributed by atoms with Crippen molar-refractivity contribution in [2.24, 2.45) is 0 Å². The van der Waals surface area contributed by atoms with E-state index in [-0.39, 0.29) is 0 Å². The zero-order valence-electron chi connectivity index (χ0n) is 10.8. The van der Waals surface area contributed by atoms with Crippen molar-refractivity contribution in [1.29, 1.82) is 0 Å². The largest absolute Gasteiger partial charge is 0.497 e. The number of ether oxygens (including phenoxy) is 2. The van der Waals surface area contributed by atoms with Crippen LogP contribution >= 0.6 is 0 Å². The predicted molar refractivity (Wildman–Crippen MR) is 73.5 cm³/mol. The molecule has 0 unspecified atom stereocenters. The van der Waals surface area contributed by atoms with Gasteiger partial charge in [-0.05, 0) is 48.4 Å². The van der Waals surface area contributed by atoms with E-state index >= 15 is 0 Å². The van der Waals surface area contributed by atoms with Gasteiger partial charge < -0.3 is 9.47 Å². The van der Waals surface area contributed by atoms with Crippen LogP contribution < -0.4 is 9.47 Å². The van der Waals surface area contributed by atoms with Crippen molar-refractivity contribution in [3.63, 3.8) is 0 Å². The van der Waals surface area contributed by atoms with Gasteiger partial charge >= 0.3 is 0 Å². The third-order valence-corrected chi connectivity index (χ3v) is 2.73. The Labute approximate surface area is 108 Å². The van der Waals surface area contributed by atoms with Crippen molar-refractivity contribution < 1.29 is 9.47 Å². The topological polar surface area (TPSA) is 18.5 Å². The van der Waals surface area contributed by atoms with Gasteiger partial charge in [-0.25, -0.2) is 0 Å². The predicted octanol–water partition coefficient (Wildman–Crippen LogP) is 4.44. The SMILES string of the molecule is CCCc1cccc(Oc2ccc(OC)cc2)c1. The molecule has 2 nitrogen and oxygen atoms in total. The van der Waals surface area contributed by atoms with Crippen LogP contribution in [0.3, 0.4) is 0 Å². The summed E-state index contributed by atoms with van der Waals surface area (Å²) in [6, 6.07) is 15.8. The average Bonchev–Trinajstić information content (AvgIpc) is 2.40. The Balaban J connectivity index is 2.09. The van der Waals surface area contributed by atoms with Gasteiger partial charge in [-0.2, -0.15) is 0 Å². The Kier molecular flexibility index (Phi) is 4.24. The van der Waals surface area contributed by atoms with Crippen molar-refractivity contribution in [1.82, 2.24) is 0 Å². The Morgan fingerprint density at radius 3 is 2.28 bits per heavy atom. The van der Waals surface area contributed by atoms with Crippen LogP contribution in [0, 0.1) is 0 Å². The summed E-state index contributed by atoms with van der Waals surface area (Å²) >= 11 is 0. The Morgan fingerprint density at radius 1 is 0.889 bits per heavy atom. The number of rotatable bonds is 5. The first-order chi connectivity index (χ1) is 8.81. The molecule has 0 saturated carbocycles. The Hall–Kier alpha value is -1.96. The maximum Gasteiger partial charge on any atom is 0.127 e. The van der Waals surface area contributed by atoms with Crippen molar-refractivity contribution in [3.05, 3.63) is 54.1 Å². The summed E-state index contributed by atoms with van der Waals surface area (Å²) < 4.78 is 10.9. The molecular weight excluding hydrogens is 224 g/mol. The molecular formula is C16H18O2. The lowest BCUT2D eigenvalue weighted by Crippen LogP contribution is -1.88. The third kappa shape index (κ3) is 3.27. The highest BCUT2D eigenvalue weighted by atomic mass is 16.5. The van der Waals surface area contributed by atoms with E-state index in [2.05, 4.69) is 19.1 Å². The molecule has 0 N–H and O–H groups in total. The fraction of sp³-hybridized carbons (Fsp3) is 0.250. The van der Waals surface area contributed by atoms with E-state index in [0.717, 1.165) is 30.1 Å². The summed E-state index contributed by atoms with van der Waals surface area (Å²) in [5.41, 5.74) is 1.31. The highest BCUT2D eigenvalue weighted by Gasteiger charge is 1.99. The van der Waals surface area contributed by atoms with Crippen LogP contribution in [0.25, 0.3) is 0 Å². The van der Waals surface area contributed by atoms with E-state index in [1.165, 1.54) is 5.56 Å². The maximum atomic E-state index is 5.81. The van der Waals surface area contributed by atoms with E-state index in [1.807, 2.05) is 36.4 Å². The standard InChI is InChI=1S/C16H18O2/c1-3-5-13-6-4-7-16(12-13)18-15-10-8-14(17-2)9-11-15/h4,6-12H,3,5H2,1-2H3. The van der Waals surface area contributed by atoms with Crippen LogP contribution in [0.2, 0.25) is 0 Å². The summed E-state index contributed by atoms with van der Waals surface area (Å²) in [6.45, 7) is 2.18. The van der Waals surface area contributed by atoms with Crippen molar-refractivity contribution in [2.75, 3.05) is 7.11 Å². The first kappa shape index (κ1) is 12.5. The van der Waals surface area contributed by atoms with Crippen LogP contribution in [0.1, 0.15) is 18.9 Å². The van der Waals surface area contributed by atoms with E-state index in [0.29, 0.717) is 0 Å². The monoisotopic (exact) mass is 242 g/mol. The van der Waals surface area contributed by atoms with Gasteiger partial charge in [0.05, 0.1) is 7.11 Å². The van der Waals surface area contributed by atoms with Gasteiger partial charge in [0.25, 0.3) is 0 Å². The molecule has 0 spiro atoms. The molecule has 0 aliphatic heterocycles. The van der Waals surface area contributed by atoms with E-state index < -0.39 is 0 Å². The van der Waals surface area contributed by atoms with Gasteiger partial charge in [0.15, 0.2) is 0 Å². The van der Waals surface area contributed by atoms with Crippen LogP contribution in [-0.4, -0.2) is 7.11 Å². The van der Waals surface area contributed by atoms with E-state index in [1.54, 1.807) is 7.11 Å². The van der Waals surface area contributed by atoms with Crippen LogP contribution in [0.15, 0.2) is 48.5 Å². The average molecular weight is 242 g/mol. The Morgan fingerprint density at radius 2 is 1.61 bits per heavy atom. The minimum atomic E-state index is 0.824. The summed E-state index contributed by atoms with van der Waals surface area (Å²) in [5.74, 6) is 2.54. The second kappa shape index (κ2) is 6.10. The molecule has 2 aromatic rings. The molecule has 0 heterocycles. The number of hydrogen-bond donors (Lipinski definition) is 0. The van der Waals surface area contributed by atoms with Gasteiger partial charge in [0, 0.05) is 0 Å². The molecule has 18 heavy (non-hydrogen) atoms. The molecule has 0 atom stereocenters. The van der Waals surface area contributed by atoms with Crippen molar-refractivity contribution in [3.8, 4) is 17.2 Å². The summed E-state index contributed by atoms with van der Waals surface area (Å²) in [4.78, 5) is 0. The summed E-state index contributed by atoms with van der Waals surface area (Å²) in [5, 5.41) is 0. The number of benzene rings is 2. The highest BCUT2D eigenvalue weighted by molar-refractivity contribution is 5.36. The first-order valence-electron chi connectivity index (χ1n) is 6.22. The smallest absolute Gasteiger partial charge is 0.127 e. The molecule has 0 aromatic heterocycles. The molecule has 2 rings (SSSR count). The van der Waals surface area contributed by atoms with Gasteiger partial charge in [0.2, 0.25) is 0 Å². The Bertz CT molecular complexity index is 489. The molecule has 94 valence electrons. The maximum absolute atomic E-state index is 5.81. The fourth-order valence-electron chi connectivity index (χ4n) is 1.83. The van der Waals surface area contributed by atoms with Crippen LogP contribution in [0.4, 0.5) is 0 Å². The fourth-order valence-corrected chi connectivity index (χ4v) is 1.83. The molecule has 2 heteroatoms. The normalized spacial score (nSPS) is 10.1. The minimum Gasteiger partial charge on any atom is -0.497 e. The van der Waals surface area contributed by atoms with Gasteiger partial charge in [-0.15, -0.1) is 0 Å². The minimum absolute atomic E-state index is 0.824. The zero-order chi connectivity index (χ0) is 12.8. The van der Waals surface area contributed by atoms with E-state index in [9.17, 15) is 0 Å². The van der Waals surface area contributed by atoms with E-state index in [4.69, 9.17) is 9.47 Å². The molecule has 2 aromatic carbocycles. The molecule has 0 amide bonds. The molecule has 0 bridgehead atoms. The molecule has 0 aliphatic rings. The van der Waals surface area contributed by atoms with Crippen LogP contribution in [0.5, 0.6) is 17.2 Å². The summed E-state index contributed by atoms with van der Waals surface area (Å²) in [6.07, 6.45) is 2.23. The van der Waals surface area contributed by atoms with Gasteiger partial charge in [0.1, 0.15) is 17.2 Å². The number of methoxy groups -OCH3 is 1. The molecule has 0 fully saturated rings. The van der Waals surface area contributed by atoms with Gasteiger partial charge in [-0.3, -0.25) is 0 Å². The second-order valence-electron chi connectivity index (χ2n) is 4.17. The summed E-state index contributed by atoms with van der Waals surface area (Å²) in [7, 11) is 1.66. The first-order valence-corrected chi connectivity index (χ1v) is 6.22. The van der Waals surface area contributed by atoms with Gasteiger partial charge in [-0.1, -0.05) is 25.5 Å². The van der Waals surface area contributed by atoms with Crippen molar-refractivity contribution in [2.45, 2.75) is 19.8 Å². The second-order valence-corrected chi connectivity index (χ2v) is 4.17. The molecule has 0 saturated heterocycles. The van der Waals surface area contributed by atoms with Crippen LogP contribution in [-0.2, 0) is 6.42 Å². The highest BCUT2D eigenvalue weighted by Crippen LogP contribution is 2.24. The third-order valence-electron chi connectivity index (χ3n) is 2.73. The van der Waals surface area contributed by atoms with Crippen molar-refractivity contribution >= 4 is 0 Å². The lowest BCUT2D eigenvalue weighted by Gasteiger charge is -2.08. The zero-order valence-corrected chi connectivity index (χ0v) is 10.8. The lowest BCUT2D eigenvalue weighted by atomic mass is 10.1.